The third-order valence-electron chi connectivity index (χ3n) is 2.60. The number of hydrogen-bond acceptors (Lipinski definition) is 3. The van der Waals surface area contributed by atoms with E-state index in [-0.39, 0.29) is 0 Å². The summed E-state index contributed by atoms with van der Waals surface area (Å²) in [6.07, 6.45) is 1.77. The van der Waals surface area contributed by atoms with Gasteiger partial charge in [-0.1, -0.05) is 6.92 Å². The fraction of sp³-hybridized carbons (Fsp3) is 0.556. The highest BCUT2D eigenvalue weighted by molar-refractivity contribution is 5.74. The van der Waals surface area contributed by atoms with E-state index in [1.54, 1.807) is 0 Å². The molecule has 4 heteroatoms. The standard InChI is InChI=1S/C9H13N3O/c1-2-12-4-3-7-8(5-12)10-11-9(7)6-13/h6H,2-5H2,1H3,(H,10,11). The second-order valence-electron chi connectivity index (χ2n) is 3.30. The summed E-state index contributed by atoms with van der Waals surface area (Å²) in [5.41, 5.74) is 2.81. The molecule has 0 radical (unpaired) electrons. The van der Waals surface area contributed by atoms with Gasteiger partial charge >= 0.3 is 0 Å². The number of nitrogens with zero attached hydrogens (tertiary/aromatic N) is 2. The zero-order valence-electron chi connectivity index (χ0n) is 7.71. The van der Waals surface area contributed by atoms with Crippen molar-refractivity contribution in [1.29, 1.82) is 0 Å². The number of likely N-dealkylation sites (N-methyl/N-ethyl adjacent to an activating group) is 1. The molecule has 1 aromatic rings. The van der Waals surface area contributed by atoms with Crippen molar-refractivity contribution >= 4 is 6.29 Å². The summed E-state index contributed by atoms with van der Waals surface area (Å²) < 4.78 is 0. The van der Waals surface area contributed by atoms with Crippen LogP contribution in [0.5, 0.6) is 0 Å². The number of aromatic amines is 1. The number of carbonyl (C=O) groups excluding carboxylic acids is 1. The number of carbonyl (C=O) groups is 1. The van der Waals surface area contributed by atoms with E-state index in [9.17, 15) is 4.79 Å². The number of aldehydes is 1. The summed E-state index contributed by atoms with van der Waals surface area (Å²) >= 11 is 0. The predicted octanol–water partition coefficient (Wildman–Crippen LogP) is 0.600. The van der Waals surface area contributed by atoms with Gasteiger partial charge in [0.15, 0.2) is 6.29 Å². The van der Waals surface area contributed by atoms with Crippen molar-refractivity contribution in [2.75, 3.05) is 13.1 Å². The number of H-pyrrole nitrogens is 1. The molecule has 70 valence electrons. The first-order chi connectivity index (χ1) is 6.35. The van der Waals surface area contributed by atoms with Gasteiger partial charge in [-0.05, 0) is 13.0 Å². The lowest BCUT2D eigenvalue weighted by Gasteiger charge is -2.24. The number of hydrogen-bond donors (Lipinski definition) is 1. The molecule has 0 fully saturated rings. The van der Waals surface area contributed by atoms with Crippen LogP contribution < -0.4 is 0 Å². The van der Waals surface area contributed by atoms with Gasteiger partial charge in [0.2, 0.25) is 0 Å². The fourth-order valence-electron chi connectivity index (χ4n) is 1.77. The summed E-state index contributed by atoms with van der Waals surface area (Å²) in [6.45, 7) is 5.12. The van der Waals surface area contributed by atoms with E-state index >= 15 is 0 Å². The summed E-state index contributed by atoms with van der Waals surface area (Å²) in [5, 5.41) is 6.88. The Morgan fingerprint density at radius 1 is 1.69 bits per heavy atom. The molecule has 0 unspecified atom stereocenters. The van der Waals surface area contributed by atoms with Crippen molar-refractivity contribution in [3.05, 3.63) is 17.0 Å². The zero-order valence-corrected chi connectivity index (χ0v) is 7.71. The number of nitrogens with one attached hydrogen (secondary N) is 1. The van der Waals surface area contributed by atoms with Crippen molar-refractivity contribution < 1.29 is 4.79 Å². The SMILES string of the molecule is CCN1CCc2c(C=O)n[nH]c2C1. The van der Waals surface area contributed by atoms with Gasteiger partial charge in [0.25, 0.3) is 0 Å². The van der Waals surface area contributed by atoms with E-state index in [4.69, 9.17) is 0 Å². The first-order valence-electron chi connectivity index (χ1n) is 4.58. The van der Waals surface area contributed by atoms with Gasteiger partial charge < -0.3 is 0 Å². The number of aromatic nitrogens is 2. The molecule has 2 rings (SSSR count). The van der Waals surface area contributed by atoms with E-state index in [0.29, 0.717) is 5.69 Å². The maximum atomic E-state index is 10.6. The van der Waals surface area contributed by atoms with Crippen LogP contribution in [0.1, 0.15) is 28.7 Å². The molecule has 0 saturated carbocycles. The third-order valence-corrected chi connectivity index (χ3v) is 2.60. The van der Waals surface area contributed by atoms with Crippen LogP contribution in [0, 0.1) is 0 Å². The van der Waals surface area contributed by atoms with Crippen LogP contribution in [0.25, 0.3) is 0 Å². The molecular weight excluding hydrogens is 166 g/mol. The average Bonchev–Trinajstić information content (AvgIpc) is 2.59. The molecule has 2 heterocycles. The molecule has 0 bridgehead atoms. The van der Waals surface area contributed by atoms with Crippen molar-refractivity contribution in [1.82, 2.24) is 15.1 Å². The van der Waals surface area contributed by atoms with Crippen molar-refractivity contribution in [2.24, 2.45) is 0 Å². The molecule has 1 aromatic heterocycles. The molecule has 0 spiro atoms. The normalized spacial score (nSPS) is 17.0. The Labute approximate surface area is 76.9 Å². The van der Waals surface area contributed by atoms with Gasteiger partial charge in [-0.25, -0.2) is 0 Å². The Hall–Kier alpha value is -1.16. The van der Waals surface area contributed by atoms with Crippen molar-refractivity contribution in [3.63, 3.8) is 0 Å². The van der Waals surface area contributed by atoms with Crippen LogP contribution in [0.4, 0.5) is 0 Å². The largest absolute Gasteiger partial charge is 0.297 e. The first-order valence-corrected chi connectivity index (χ1v) is 4.58. The Bertz CT molecular complexity index is 319. The molecule has 0 saturated heterocycles. The maximum absolute atomic E-state index is 10.6. The highest BCUT2D eigenvalue weighted by atomic mass is 16.1. The summed E-state index contributed by atoms with van der Waals surface area (Å²) in [7, 11) is 0. The minimum Gasteiger partial charge on any atom is -0.297 e. The Morgan fingerprint density at radius 3 is 3.23 bits per heavy atom. The van der Waals surface area contributed by atoms with Crippen LogP contribution in [-0.2, 0) is 13.0 Å². The van der Waals surface area contributed by atoms with E-state index < -0.39 is 0 Å². The minimum atomic E-state index is 0.589. The predicted molar refractivity (Wildman–Crippen MR) is 48.6 cm³/mol. The van der Waals surface area contributed by atoms with Gasteiger partial charge in [0.05, 0.1) is 5.69 Å². The van der Waals surface area contributed by atoms with Crippen LogP contribution >= 0.6 is 0 Å². The van der Waals surface area contributed by atoms with Crippen LogP contribution in [0.15, 0.2) is 0 Å². The van der Waals surface area contributed by atoms with Crippen LogP contribution in [-0.4, -0.2) is 34.5 Å². The lowest BCUT2D eigenvalue weighted by molar-refractivity contribution is 0.111. The summed E-state index contributed by atoms with van der Waals surface area (Å²) in [4.78, 5) is 12.9. The lowest BCUT2D eigenvalue weighted by atomic mass is 10.1. The van der Waals surface area contributed by atoms with Crippen molar-refractivity contribution in [2.45, 2.75) is 19.9 Å². The molecule has 0 aromatic carbocycles. The molecule has 1 N–H and O–H groups in total. The molecule has 0 amide bonds. The Morgan fingerprint density at radius 2 is 2.54 bits per heavy atom. The summed E-state index contributed by atoms with van der Waals surface area (Å²) in [5.74, 6) is 0. The van der Waals surface area contributed by atoms with Crippen LogP contribution in [0.2, 0.25) is 0 Å². The molecular formula is C9H13N3O. The van der Waals surface area contributed by atoms with Gasteiger partial charge in [-0.2, -0.15) is 5.10 Å². The molecule has 0 aliphatic carbocycles. The van der Waals surface area contributed by atoms with Gasteiger partial charge in [0.1, 0.15) is 5.69 Å². The van der Waals surface area contributed by atoms with Crippen molar-refractivity contribution in [3.8, 4) is 0 Å². The number of fused-ring (bicyclic) bond motifs is 1. The molecule has 4 nitrogen and oxygen atoms in total. The second-order valence-corrected chi connectivity index (χ2v) is 3.30. The monoisotopic (exact) mass is 179 g/mol. The minimum absolute atomic E-state index is 0.589. The quantitative estimate of drug-likeness (QED) is 0.676. The van der Waals surface area contributed by atoms with E-state index in [1.807, 2.05) is 0 Å². The van der Waals surface area contributed by atoms with E-state index in [2.05, 4.69) is 22.0 Å². The average molecular weight is 179 g/mol. The first kappa shape index (κ1) is 8.44. The third kappa shape index (κ3) is 1.37. The van der Waals surface area contributed by atoms with E-state index in [1.165, 1.54) is 0 Å². The smallest absolute Gasteiger partial charge is 0.170 e. The Balaban J connectivity index is 2.27. The fourth-order valence-corrected chi connectivity index (χ4v) is 1.77. The maximum Gasteiger partial charge on any atom is 0.170 e. The zero-order chi connectivity index (χ0) is 9.26. The van der Waals surface area contributed by atoms with Gasteiger partial charge in [0, 0.05) is 18.7 Å². The number of rotatable bonds is 2. The second kappa shape index (κ2) is 3.30. The highest BCUT2D eigenvalue weighted by Gasteiger charge is 2.19. The lowest BCUT2D eigenvalue weighted by Crippen LogP contribution is -2.30. The van der Waals surface area contributed by atoms with Gasteiger partial charge in [-0.15, -0.1) is 0 Å². The topological polar surface area (TPSA) is 49.0 Å². The van der Waals surface area contributed by atoms with Crippen LogP contribution in [0.3, 0.4) is 0 Å². The summed E-state index contributed by atoms with van der Waals surface area (Å²) in [6, 6.07) is 0. The molecule has 13 heavy (non-hydrogen) atoms. The molecule has 1 aliphatic heterocycles. The highest BCUT2D eigenvalue weighted by Crippen LogP contribution is 2.18. The Kier molecular flexibility index (Phi) is 2.14. The van der Waals surface area contributed by atoms with E-state index in [0.717, 1.165) is 43.6 Å². The molecule has 0 atom stereocenters. The van der Waals surface area contributed by atoms with Gasteiger partial charge in [-0.3, -0.25) is 14.8 Å². The molecule has 1 aliphatic rings.